The number of phenols is 1. The molecule has 20 heavy (non-hydrogen) atoms. The van der Waals surface area contributed by atoms with Crippen LogP contribution in [0, 0.1) is 5.92 Å². The molecule has 1 aliphatic rings. The molecule has 1 aliphatic carbocycles. The zero-order chi connectivity index (χ0) is 14.0. The maximum absolute atomic E-state index is 10.4. The molecule has 6 heteroatoms. The smallest absolute Gasteiger partial charge is 0.143 e. The number of aliphatic hydroxyl groups excluding tert-OH is 1. The van der Waals surface area contributed by atoms with Crippen LogP contribution in [0.4, 0.5) is 0 Å². The van der Waals surface area contributed by atoms with Crippen molar-refractivity contribution in [3.63, 3.8) is 0 Å². The Labute approximate surface area is 142 Å². The Morgan fingerprint density at radius 2 is 1.60 bits per heavy atom. The standard InChI is InChI=1S/C14H19Br2NO2.ClH/c15-10-6-9(7-11(16)14(10)19)12(17)13(18)8-4-2-1-3-5-8;/h6-8,12-13,18-19H,1-5,17H2;1H/t12-,13+;/m0./s1. The van der Waals surface area contributed by atoms with Crippen LogP contribution in [0.5, 0.6) is 5.75 Å². The van der Waals surface area contributed by atoms with Gasteiger partial charge in [-0.2, -0.15) is 0 Å². The molecule has 4 N–H and O–H groups in total. The van der Waals surface area contributed by atoms with Crippen molar-refractivity contribution < 1.29 is 10.2 Å². The number of halogens is 3. The van der Waals surface area contributed by atoms with Crippen molar-refractivity contribution in [2.24, 2.45) is 11.7 Å². The molecule has 114 valence electrons. The molecule has 0 amide bonds. The number of hydrogen-bond donors (Lipinski definition) is 3. The van der Waals surface area contributed by atoms with Crippen LogP contribution in [-0.2, 0) is 0 Å². The molecule has 0 spiro atoms. The van der Waals surface area contributed by atoms with Gasteiger partial charge in [-0.15, -0.1) is 12.4 Å². The molecular formula is C14H20Br2ClNO2. The average Bonchev–Trinajstić information content (AvgIpc) is 2.43. The Hall–Kier alpha value is 0.190. The first-order chi connectivity index (χ1) is 9.00. The molecule has 1 aromatic carbocycles. The van der Waals surface area contributed by atoms with Gasteiger partial charge in [-0.3, -0.25) is 0 Å². The number of nitrogens with two attached hydrogens (primary N) is 1. The van der Waals surface area contributed by atoms with Gasteiger partial charge < -0.3 is 15.9 Å². The molecule has 0 saturated heterocycles. The fraction of sp³-hybridized carbons (Fsp3) is 0.571. The molecular weight excluding hydrogens is 409 g/mol. The lowest BCUT2D eigenvalue weighted by Crippen LogP contribution is -2.34. The monoisotopic (exact) mass is 427 g/mol. The molecule has 0 unspecified atom stereocenters. The van der Waals surface area contributed by atoms with Crippen LogP contribution in [-0.4, -0.2) is 16.3 Å². The van der Waals surface area contributed by atoms with Crippen molar-refractivity contribution in [1.82, 2.24) is 0 Å². The fourth-order valence-electron chi connectivity index (χ4n) is 2.74. The minimum Gasteiger partial charge on any atom is -0.506 e. The molecule has 0 heterocycles. The normalized spacial score (nSPS) is 19.2. The van der Waals surface area contributed by atoms with Gasteiger partial charge in [0.05, 0.1) is 21.1 Å². The van der Waals surface area contributed by atoms with Crippen LogP contribution in [0.3, 0.4) is 0 Å². The summed E-state index contributed by atoms with van der Waals surface area (Å²) in [6.45, 7) is 0. The summed E-state index contributed by atoms with van der Waals surface area (Å²) in [5.74, 6) is 0.443. The SMILES string of the molecule is Cl.N[C@@H](c1cc(Br)c(O)c(Br)c1)[C@H](O)C1CCCCC1. The third kappa shape index (κ3) is 4.10. The first kappa shape index (κ1) is 18.2. The predicted molar refractivity (Wildman–Crippen MR) is 90.3 cm³/mol. The van der Waals surface area contributed by atoms with Gasteiger partial charge in [-0.1, -0.05) is 19.3 Å². The van der Waals surface area contributed by atoms with Crippen LogP contribution in [0.2, 0.25) is 0 Å². The summed E-state index contributed by atoms with van der Waals surface area (Å²) in [5.41, 5.74) is 7.01. The summed E-state index contributed by atoms with van der Waals surface area (Å²) >= 11 is 6.59. The minimum absolute atomic E-state index is 0. The second kappa shape index (κ2) is 7.99. The molecule has 0 bridgehead atoms. The molecule has 1 saturated carbocycles. The van der Waals surface area contributed by atoms with Crippen LogP contribution in [0.1, 0.15) is 43.7 Å². The number of phenolic OH excluding ortho intramolecular Hbond substituents is 1. The van der Waals surface area contributed by atoms with E-state index in [-0.39, 0.29) is 24.1 Å². The lowest BCUT2D eigenvalue weighted by Gasteiger charge is -2.30. The highest BCUT2D eigenvalue weighted by atomic mass is 79.9. The van der Waals surface area contributed by atoms with Gasteiger partial charge in [0.25, 0.3) is 0 Å². The van der Waals surface area contributed by atoms with E-state index in [2.05, 4.69) is 31.9 Å². The third-order valence-electron chi connectivity index (χ3n) is 3.92. The van der Waals surface area contributed by atoms with E-state index in [0.717, 1.165) is 18.4 Å². The lowest BCUT2D eigenvalue weighted by molar-refractivity contribution is 0.0617. The Morgan fingerprint density at radius 3 is 2.10 bits per heavy atom. The van der Waals surface area contributed by atoms with Gasteiger partial charge in [0.2, 0.25) is 0 Å². The molecule has 1 aromatic rings. The summed E-state index contributed by atoms with van der Waals surface area (Å²) in [5, 5.41) is 20.1. The molecule has 3 nitrogen and oxygen atoms in total. The summed E-state index contributed by atoms with van der Waals surface area (Å²) < 4.78 is 1.17. The quantitative estimate of drug-likeness (QED) is 0.672. The molecule has 0 radical (unpaired) electrons. The summed E-state index contributed by atoms with van der Waals surface area (Å²) in [6.07, 6.45) is 5.19. The second-order valence-corrected chi connectivity index (χ2v) is 6.96. The number of benzene rings is 1. The number of rotatable bonds is 3. The van der Waals surface area contributed by atoms with Crippen LogP contribution in [0.25, 0.3) is 0 Å². The van der Waals surface area contributed by atoms with E-state index in [0.29, 0.717) is 8.95 Å². The van der Waals surface area contributed by atoms with E-state index in [4.69, 9.17) is 5.73 Å². The highest BCUT2D eigenvalue weighted by Crippen LogP contribution is 2.37. The molecule has 1 fully saturated rings. The van der Waals surface area contributed by atoms with Crippen molar-refractivity contribution in [3.05, 3.63) is 26.6 Å². The maximum atomic E-state index is 10.4. The van der Waals surface area contributed by atoms with E-state index in [9.17, 15) is 10.2 Å². The summed E-state index contributed by atoms with van der Waals surface area (Å²) in [6, 6.07) is 3.13. The largest absolute Gasteiger partial charge is 0.506 e. The summed E-state index contributed by atoms with van der Waals surface area (Å²) in [7, 11) is 0. The second-order valence-electron chi connectivity index (χ2n) is 5.25. The highest BCUT2D eigenvalue weighted by molar-refractivity contribution is 9.11. The first-order valence-corrected chi connectivity index (χ1v) is 8.21. The Balaban J connectivity index is 0.00000200. The van der Waals surface area contributed by atoms with Crippen molar-refractivity contribution in [2.75, 3.05) is 0 Å². The van der Waals surface area contributed by atoms with Gasteiger partial charge in [-0.25, -0.2) is 0 Å². The van der Waals surface area contributed by atoms with E-state index < -0.39 is 12.1 Å². The van der Waals surface area contributed by atoms with E-state index >= 15 is 0 Å². The van der Waals surface area contributed by atoms with Crippen LogP contribution >= 0.6 is 44.3 Å². The van der Waals surface area contributed by atoms with Crippen molar-refractivity contribution in [1.29, 1.82) is 0 Å². The Kier molecular flexibility index (Phi) is 7.29. The van der Waals surface area contributed by atoms with Crippen molar-refractivity contribution >= 4 is 44.3 Å². The summed E-state index contributed by atoms with van der Waals surface area (Å²) in [4.78, 5) is 0. The first-order valence-electron chi connectivity index (χ1n) is 6.62. The van der Waals surface area contributed by atoms with Gasteiger partial charge in [-0.05, 0) is 68.3 Å². The third-order valence-corrected chi connectivity index (χ3v) is 5.13. The van der Waals surface area contributed by atoms with Crippen molar-refractivity contribution in [2.45, 2.75) is 44.2 Å². The maximum Gasteiger partial charge on any atom is 0.143 e. The molecule has 2 rings (SSSR count). The van der Waals surface area contributed by atoms with Crippen LogP contribution in [0.15, 0.2) is 21.1 Å². The van der Waals surface area contributed by atoms with E-state index in [1.165, 1.54) is 19.3 Å². The minimum atomic E-state index is -0.524. The van der Waals surface area contributed by atoms with Gasteiger partial charge >= 0.3 is 0 Å². The van der Waals surface area contributed by atoms with Crippen molar-refractivity contribution in [3.8, 4) is 5.75 Å². The molecule has 0 aromatic heterocycles. The zero-order valence-electron chi connectivity index (χ0n) is 11.1. The van der Waals surface area contributed by atoms with Gasteiger partial charge in [0.1, 0.15) is 5.75 Å². The highest BCUT2D eigenvalue weighted by Gasteiger charge is 2.28. The van der Waals surface area contributed by atoms with Gasteiger partial charge in [0, 0.05) is 0 Å². The number of aromatic hydroxyl groups is 1. The van der Waals surface area contributed by atoms with Gasteiger partial charge in [0.15, 0.2) is 0 Å². The Morgan fingerprint density at radius 1 is 1.10 bits per heavy atom. The number of aliphatic hydroxyl groups is 1. The van der Waals surface area contributed by atoms with Crippen LogP contribution < -0.4 is 5.73 Å². The van der Waals surface area contributed by atoms with E-state index in [1.54, 1.807) is 12.1 Å². The fourth-order valence-corrected chi connectivity index (χ4v) is 3.97. The topological polar surface area (TPSA) is 66.5 Å². The predicted octanol–water partition coefficient (Wildman–Crippen LogP) is 4.28. The van der Waals surface area contributed by atoms with E-state index in [1.807, 2.05) is 0 Å². The number of hydrogen-bond acceptors (Lipinski definition) is 3. The lowest BCUT2D eigenvalue weighted by atomic mass is 9.81. The zero-order valence-corrected chi connectivity index (χ0v) is 15.0. The average molecular weight is 430 g/mol. The molecule has 0 aliphatic heterocycles. The Bertz CT molecular complexity index is 430. The molecule has 2 atom stereocenters.